The fourth-order valence-electron chi connectivity index (χ4n) is 6.48. The summed E-state index contributed by atoms with van der Waals surface area (Å²) < 4.78 is 0. The Kier molecular flexibility index (Phi) is 37.6. The van der Waals surface area contributed by atoms with Crippen LogP contribution in [-0.2, 0) is 4.79 Å². The van der Waals surface area contributed by atoms with E-state index in [1.807, 2.05) is 13.0 Å². The predicted octanol–water partition coefficient (Wildman–Crippen LogP) is 11.0. The van der Waals surface area contributed by atoms with Gasteiger partial charge >= 0.3 is 0 Å². The molecule has 0 aliphatic heterocycles. The van der Waals surface area contributed by atoms with E-state index in [1.54, 1.807) is 0 Å². The van der Waals surface area contributed by atoms with Crippen LogP contribution < -0.4 is 5.32 Å². The molecule has 0 aliphatic carbocycles. The number of nitrogens with one attached hydrogen (secondary N) is 1. The van der Waals surface area contributed by atoms with Crippen molar-refractivity contribution in [2.75, 3.05) is 6.61 Å². The molecule has 0 saturated carbocycles. The van der Waals surface area contributed by atoms with Crippen molar-refractivity contribution in [2.24, 2.45) is 0 Å². The van der Waals surface area contributed by atoms with Gasteiger partial charge in [0.15, 0.2) is 0 Å². The van der Waals surface area contributed by atoms with Gasteiger partial charge in [-0.15, -0.1) is 0 Å². The summed E-state index contributed by atoms with van der Waals surface area (Å²) >= 11 is 0. The molecule has 0 saturated heterocycles. The number of aliphatic hydroxyl groups is 4. The molecule has 0 aromatic heterocycles. The quantitative estimate of drug-likeness (QED) is 0.0324. The van der Waals surface area contributed by atoms with E-state index in [4.69, 9.17) is 0 Å². The molecule has 0 radical (unpaired) electrons. The molecule has 0 spiro atoms. The fourth-order valence-corrected chi connectivity index (χ4v) is 6.48. The lowest BCUT2D eigenvalue weighted by molar-refractivity contribution is -0.132. The smallest absolute Gasteiger partial charge is 0.249 e. The molecular formula is C44H83NO5. The minimum atomic E-state index is -1.29. The lowest BCUT2D eigenvalue weighted by Gasteiger charge is -2.27. The van der Waals surface area contributed by atoms with Crippen LogP contribution in [0.25, 0.3) is 0 Å². The first-order valence-electron chi connectivity index (χ1n) is 21.3. The summed E-state index contributed by atoms with van der Waals surface area (Å²) in [5, 5.41) is 43.3. The number of hydrogen-bond donors (Lipinski definition) is 5. The van der Waals surface area contributed by atoms with Crippen molar-refractivity contribution in [2.45, 2.75) is 231 Å². The second-order valence-electron chi connectivity index (χ2n) is 14.7. The number of aliphatic hydroxyl groups excluding tert-OH is 4. The molecular weight excluding hydrogens is 622 g/mol. The van der Waals surface area contributed by atoms with Crippen LogP contribution in [0, 0.1) is 0 Å². The molecule has 0 heterocycles. The van der Waals surface area contributed by atoms with E-state index in [-0.39, 0.29) is 0 Å². The molecule has 0 aromatic carbocycles. The highest BCUT2D eigenvalue weighted by molar-refractivity contribution is 5.80. The molecule has 4 atom stereocenters. The summed E-state index contributed by atoms with van der Waals surface area (Å²) in [6, 6.07) is -1.01. The van der Waals surface area contributed by atoms with Crippen molar-refractivity contribution in [3.8, 4) is 0 Å². The van der Waals surface area contributed by atoms with Gasteiger partial charge in [0.25, 0.3) is 0 Å². The number of rotatable bonds is 38. The molecule has 0 aliphatic rings. The first-order valence-corrected chi connectivity index (χ1v) is 21.3. The summed E-state index contributed by atoms with van der Waals surface area (Å²) in [4.78, 5) is 12.4. The van der Waals surface area contributed by atoms with Gasteiger partial charge in [0.1, 0.15) is 12.2 Å². The monoisotopic (exact) mass is 706 g/mol. The first-order chi connectivity index (χ1) is 24.5. The summed E-state index contributed by atoms with van der Waals surface area (Å²) in [6.07, 6.45) is 45.1. The van der Waals surface area contributed by atoms with Gasteiger partial charge in [-0.2, -0.15) is 0 Å². The number of amides is 1. The lowest BCUT2D eigenvalue weighted by Crippen LogP contribution is -2.53. The molecule has 6 nitrogen and oxygen atoms in total. The zero-order chi connectivity index (χ0) is 36.8. The Morgan fingerprint density at radius 1 is 0.520 bits per heavy atom. The summed E-state index contributed by atoms with van der Waals surface area (Å²) in [7, 11) is 0. The normalized spacial score (nSPS) is 14.6. The largest absolute Gasteiger partial charge is 0.394 e. The predicted molar refractivity (Wildman–Crippen MR) is 214 cm³/mol. The summed E-state index contributed by atoms with van der Waals surface area (Å²) in [6.45, 7) is 3.79. The van der Waals surface area contributed by atoms with E-state index in [9.17, 15) is 25.2 Å². The van der Waals surface area contributed by atoms with Gasteiger partial charge in [0.05, 0.1) is 18.8 Å². The second kappa shape index (κ2) is 38.8. The Balaban J connectivity index is 3.63. The Morgan fingerprint density at radius 3 is 1.38 bits per heavy atom. The van der Waals surface area contributed by atoms with Gasteiger partial charge in [-0.3, -0.25) is 4.79 Å². The SMILES string of the molecule is C/C=C/CC/C=C/CCCC(O)C(O)C(CO)NC(=O)C(O)CCCCCCCCCCCC/C=C\CCCCCCCCCCCCCC. The van der Waals surface area contributed by atoms with E-state index in [2.05, 4.69) is 42.6 Å². The van der Waals surface area contributed by atoms with Crippen LogP contribution in [0.1, 0.15) is 206 Å². The van der Waals surface area contributed by atoms with Crippen LogP contribution in [0.4, 0.5) is 0 Å². The third-order valence-corrected chi connectivity index (χ3v) is 9.90. The first kappa shape index (κ1) is 48.5. The van der Waals surface area contributed by atoms with Crippen molar-refractivity contribution in [3.05, 3.63) is 36.5 Å². The molecule has 6 heteroatoms. The van der Waals surface area contributed by atoms with E-state index in [1.165, 1.54) is 135 Å². The maximum Gasteiger partial charge on any atom is 0.249 e. The molecule has 0 rings (SSSR count). The van der Waals surface area contributed by atoms with Crippen molar-refractivity contribution >= 4 is 5.91 Å². The minimum Gasteiger partial charge on any atom is -0.394 e. The zero-order valence-corrected chi connectivity index (χ0v) is 32.9. The molecule has 1 amide bonds. The average molecular weight is 706 g/mol. The van der Waals surface area contributed by atoms with Crippen molar-refractivity contribution in [1.82, 2.24) is 5.32 Å². The lowest BCUT2D eigenvalue weighted by atomic mass is 10.00. The molecule has 50 heavy (non-hydrogen) atoms. The van der Waals surface area contributed by atoms with Crippen LogP contribution in [0.3, 0.4) is 0 Å². The average Bonchev–Trinajstić information content (AvgIpc) is 3.12. The standard InChI is InChI=1S/C44H83NO5/c1-3-5-7-9-11-13-14-15-16-17-18-19-20-21-22-23-24-25-26-27-28-29-30-32-34-36-38-42(48)44(50)45-40(39-46)43(49)41(47)37-35-33-31-12-10-8-6-4-2/h4,6,12,21-22,31,40-43,46-49H,3,5,7-11,13-20,23-30,32-39H2,1-2H3,(H,45,50)/b6-4+,22-21-,31-12+. The highest BCUT2D eigenvalue weighted by Crippen LogP contribution is 2.15. The van der Waals surface area contributed by atoms with Crippen molar-refractivity contribution < 1.29 is 25.2 Å². The molecule has 0 fully saturated rings. The van der Waals surface area contributed by atoms with Gasteiger partial charge in [-0.05, 0) is 71.1 Å². The molecule has 0 bridgehead atoms. The molecule has 294 valence electrons. The van der Waals surface area contributed by atoms with Crippen LogP contribution in [-0.4, -0.2) is 57.3 Å². The number of hydrogen-bond acceptors (Lipinski definition) is 5. The maximum absolute atomic E-state index is 12.4. The van der Waals surface area contributed by atoms with Gasteiger partial charge in [0.2, 0.25) is 5.91 Å². The second-order valence-corrected chi connectivity index (χ2v) is 14.7. The number of allylic oxidation sites excluding steroid dienone is 6. The Labute approximate surface area is 309 Å². The highest BCUT2D eigenvalue weighted by atomic mass is 16.3. The number of carbonyl (C=O) groups excluding carboxylic acids is 1. The minimum absolute atomic E-state index is 0.358. The zero-order valence-electron chi connectivity index (χ0n) is 32.9. The van der Waals surface area contributed by atoms with Gasteiger partial charge in [-0.1, -0.05) is 172 Å². The number of carbonyl (C=O) groups is 1. The van der Waals surface area contributed by atoms with E-state index in [0.29, 0.717) is 19.3 Å². The Hall–Kier alpha value is -1.47. The topological polar surface area (TPSA) is 110 Å². The van der Waals surface area contributed by atoms with Crippen molar-refractivity contribution in [1.29, 1.82) is 0 Å². The van der Waals surface area contributed by atoms with Crippen LogP contribution >= 0.6 is 0 Å². The summed E-state index contributed by atoms with van der Waals surface area (Å²) in [5.41, 5.74) is 0. The maximum atomic E-state index is 12.4. The Morgan fingerprint density at radius 2 is 0.920 bits per heavy atom. The molecule has 4 unspecified atom stereocenters. The fraction of sp³-hybridized carbons (Fsp3) is 0.841. The van der Waals surface area contributed by atoms with Crippen molar-refractivity contribution in [3.63, 3.8) is 0 Å². The van der Waals surface area contributed by atoms with Crippen LogP contribution in [0.15, 0.2) is 36.5 Å². The third kappa shape index (κ3) is 32.4. The van der Waals surface area contributed by atoms with Gasteiger partial charge in [-0.25, -0.2) is 0 Å². The third-order valence-electron chi connectivity index (χ3n) is 9.90. The van der Waals surface area contributed by atoms with Crippen LogP contribution in [0.5, 0.6) is 0 Å². The van der Waals surface area contributed by atoms with E-state index < -0.39 is 36.9 Å². The van der Waals surface area contributed by atoms with Gasteiger partial charge < -0.3 is 25.7 Å². The Bertz CT molecular complexity index is 797. The van der Waals surface area contributed by atoms with E-state index >= 15 is 0 Å². The summed E-state index contributed by atoms with van der Waals surface area (Å²) in [5.74, 6) is -0.602. The van der Waals surface area contributed by atoms with Gasteiger partial charge in [0, 0.05) is 0 Å². The van der Waals surface area contributed by atoms with E-state index in [0.717, 1.165) is 38.5 Å². The number of unbranched alkanes of at least 4 members (excludes halogenated alkanes) is 24. The highest BCUT2D eigenvalue weighted by Gasteiger charge is 2.28. The van der Waals surface area contributed by atoms with Crippen LogP contribution in [0.2, 0.25) is 0 Å². The molecule has 5 N–H and O–H groups in total. The molecule has 0 aromatic rings.